The van der Waals surface area contributed by atoms with Crippen molar-refractivity contribution in [3.8, 4) is 0 Å². The normalized spacial score (nSPS) is 12.9. The number of rotatable bonds is 5. The maximum Gasteiger partial charge on any atom is 0.340 e. The molecular weight excluding hydrogens is 362 g/mol. The van der Waals surface area contributed by atoms with Crippen molar-refractivity contribution in [3.05, 3.63) is 64.7 Å². The zero-order chi connectivity index (χ0) is 20.4. The zero-order valence-corrected chi connectivity index (χ0v) is 15.7. The van der Waals surface area contributed by atoms with Gasteiger partial charge in [0.2, 0.25) is 0 Å². The van der Waals surface area contributed by atoms with Crippen LogP contribution in [0, 0.1) is 5.92 Å². The lowest BCUT2D eigenvalue weighted by Crippen LogP contribution is -2.31. The number of fused-ring (bicyclic) bond motifs is 1. The van der Waals surface area contributed by atoms with Crippen LogP contribution in [0.5, 0.6) is 0 Å². The van der Waals surface area contributed by atoms with Crippen molar-refractivity contribution in [2.75, 3.05) is 18.6 Å². The average Bonchev–Trinajstić information content (AvgIpc) is 2.95. The van der Waals surface area contributed by atoms with E-state index in [4.69, 9.17) is 4.74 Å². The van der Waals surface area contributed by atoms with Crippen LogP contribution in [0.3, 0.4) is 0 Å². The highest BCUT2D eigenvalue weighted by molar-refractivity contribution is 6.35. The van der Waals surface area contributed by atoms with Crippen molar-refractivity contribution in [1.82, 2.24) is 0 Å². The summed E-state index contributed by atoms with van der Waals surface area (Å²) in [6.45, 7) is 4.03. The highest BCUT2D eigenvalue weighted by Crippen LogP contribution is 2.31. The molecule has 0 N–H and O–H groups in total. The van der Waals surface area contributed by atoms with Gasteiger partial charge in [0.25, 0.3) is 11.8 Å². The standard InChI is InChI=1S/C21H19NO6/c1-12(2)11-28-21(26)15-6-4-5-7-17(15)22-18(23)14-9-8-13(20(25)27-3)10-16(14)19(22)24/h4-10,12H,11H2,1-3H3. The molecule has 2 amide bonds. The SMILES string of the molecule is COC(=O)c1ccc2c(c1)C(=O)N(c1ccccc1C(=O)OCC(C)C)C2=O. The van der Waals surface area contributed by atoms with Crippen molar-refractivity contribution in [1.29, 1.82) is 0 Å². The Kier molecular flexibility index (Phi) is 5.26. The number of anilines is 1. The molecule has 2 aromatic carbocycles. The number of imide groups is 1. The summed E-state index contributed by atoms with van der Waals surface area (Å²) in [6.07, 6.45) is 0. The third-order valence-corrected chi connectivity index (χ3v) is 4.22. The Bertz CT molecular complexity index is 979. The zero-order valence-electron chi connectivity index (χ0n) is 15.7. The van der Waals surface area contributed by atoms with Gasteiger partial charge in [-0.25, -0.2) is 14.5 Å². The maximum atomic E-state index is 12.9. The van der Waals surface area contributed by atoms with Gasteiger partial charge in [0.15, 0.2) is 0 Å². The number of benzene rings is 2. The van der Waals surface area contributed by atoms with Crippen molar-refractivity contribution in [2.24, 2.45) is 5.92 Å². The summed E-state index contributed by atoms with van der Waals surface area (Å²) in [5, 5.41) is 0. The summed E-state index contributed by atoms with van der Waals surface area (Å²) in [4.78, 5) is 50.9. The molecule has 2 aromatic rings. The van der Waals surface area contributed by atoms with Crippen LogP contribution in [0.2, 0.25) is 0 Å². The molecule has 0 fully saturated rings. The topological polar surface area (TPSA) is 90.0 Å². The summed E-state index contributed by atoms with van der Waals surface area (Å²) < 4.78 is 9.91. The molecule has 144 valence electrons. The highest BCUT2D eigenvalue weighted by Gasteiger charge is 2.39. The Balaban J connectivity index is 1.99. The fraction of sp³-hybridized carbons (Fsp3) is 0.238. The number of carbonyl (C=O) groups excluding carboxylic acids is 4. The van der Waals surface area contributed by atoms with Crippen molar-refractivity contribution < 1.29 is 28.7 Å². The number of methoxy groups -OCH3 is 1. The first-order chi connectivity index (χ1) is 13.3. The summed E-state index contributed by atoms with van der Waals surface area (Å²) in [6, 6.07) is 10.4. The Morgan fingerprint density at radius 2 is 1.64 bits per heavy atom. The fourth-order valence-electron chi connectivity index (χ4n) is 2.87. The monoisotopic (exact) mass is 381 g/mol. The number of ether oxygens (including phenoxy) is 2. The van der Waals surface area contributed by atoms with E-state index < -0.39 is 23.8 Å². The Morgan fingerprint density at radius 1 is 0.964 bits per heavy atom. The van der Waals surface area contributed by atoms with Gasteiger partial charge in [0.05, 0.1) is 41.7 Å². The number of nitrogens with zero attached hydrogens (tertiary/aromatic N) is 1. The molecule has 0 aliphatic carbocycles. The number of para-hydroxylation sites is 1. The Labute approximate surface area is 161 Å². The molecule has 3 rings (SSSR count). The van der Waals surface area contributed by atoms with E-state index in [9.17, 15) is 19.2 Å². The van der Waals surface area contributed by atoms with E-state index in [0.717, 1.165) is 4.90 Å². The lowest BCUT2D eigenvalue weighted by Gasteiger charge is -2.17. The second kappa shape index (κ2) is 7.64. The molecule has 1 aliphatic rings. The lowest BCUT2D eigenvalue weighted by atomic mass is 10.1. The van der Waals surface area contributed by atoms with E-state index in [2.05, 4.69) is 4.74 Å². The minimum atomic E-state index is -0.616. The number of carbonyl (C=O) groups is 4. The number of esters is 2. The first-order valence-corrected chi connectivity index (χ1v) is 8.72. The predicted molar refractivity (Wildman–Crippen MR) is 100 cm³/mol. The van der Waals surface area contributed by atoms with E-state index in [1.165, 1.54) is 37.4 Å². The van der Waals surface area contributed by atoms with E-state index >= 15 is 0 Å². The predicted octanol–water partition coefficient (Wildman–Crippen LogP) is 3.09. The smallest absolute Gasteiger partial charge is 0.340 e. The summed E-state index contributed by atoms with van der Waals surface area (Å²) in [5.41, 5.74) is 0.656. The summed E-state index contributed by atoms with van der Waals surface area (Å²) >= 11 is 0. The van der Waals surface area contributed by atoms with E-state index in [1.54, 1.807) is 12.1 Å². The van der Waals surface area contributed by atoms with Crippen LogP contribution in [-0.4, -0.2) is 37.5 Å². The highest BCUT2D eigenvalue weighted by atomic mass is 16.5. The third kappa shape index (κ3) is 3.38. The quantitative estimate of drug-likeness (QED) is 0.584. The Morgan fingerprint density at radius 3 is 2.32 bits per heavy atom. The number of hydrogen-bond donors (Lipinski definition) is 0. The Hall–Kier alpha value is -3.48. The van der Waals surface area contributed by atoms with Gasteiger partial charge in [-0.05, 0) is 36.2 Å². The largest absolute Gasteiger partial charge is 0.465 e. The van der Waals surface area contributed by atoms with Crippen LogP contribution < -0.4 is 4.90 Å². The van der Waals surface area contributed by atoms with Crippen molar-refractivity contribution in [3.63, 3.8) is 0 Å². The summed E-state index contributed by atoms with van der Waals surface area (Å²) in [7, 11) is 1.23. The van der Waals surface area contributed by atoms with Gasteiger partial charge >= 0.3 is 11.9 Å². The molecule has 1 aliphatic heterocycles. The first kappa shape index (κ1) is 19.3. The van der Waals surface area contributed by atoms with Crippen LogP contribution in [0.4, 0.5) is 5.69 Å². The molecule has 0 spiro atoms. The molecule has 1 heterocycles. The molecule has 0 saturated carbocycles. The van der Waals surface area contributed by atoms with Gasteiger partial charge in [-0.3, -0.25) is 9.59 Å². The molecule has 7 nitrogen and oxygen atoms in total. The average molecular weight is 381 g/mol. The van der Waals surface area contributed by atoms with Crippen LogP contribution in [0.15, 0.2) is 42.5 Å². The van der Waals surface area contributed by atoms with E-state index in [1.807, 2.05) is 13.8 Å². The van der Waals surface area contributed by atoms with Gasteiger partial charge in [-0.15, -0.1) is 0 Å². The fourth-order valence-corrected chi connectivity index (χ4v) is 2.87. The third-order valence-electron chi connectivity index (χ3n) is 4.22. The molecule has 0 aromatic heterocycles. The van der Waals surface area contributed by atoms with Crippen molar-refractivity contribution >= 4 is 29.4 Å². The molecule has 0 bridgehead atoms. The minimum Gasteiger partial charge on any atom is -0.465 e. The van der Waals surface area contributed by atoms with Gasteiger partial charge in [-0.2, -0.15) is 0 Å². The molecule has 0 saturated heterocycles. The van der Waals surface area contributed by atoms with Gasteiger partial charge < -0.3 is 9.47 Å². The van der Waals surface area contributed by atoms with Crippen LogP contribution >= 0.6 is 0 Å². The molecule has 0 atom stereocenters. The second-order valence-electron chi connectivity index (χ2n) is 6.71. The van der Waals surface area contributed by atoms with Crippen LogP contribution in [0.25, 0.3) is 0 Å². The van der Waals surface area contributed by atoms with Gasteiger partial charge in [0, 0.05) is 0 Å². The first-order valence-electron chi connectivity index (χ1n) is 8.72. The molecule has 28 heavy (non-hydrogen) atoms. The lowest BCUT2D eigenvalue weighted by molar-refractivity contribution is 0.0459. The van der Waals surface area contributed by atoms with Gasteiger partial charge in [-0.1, -0.05) is 26.0 Å². The van der Waals surface area contributed by atoms with Gasteiger partial charge in [0.1, 0.15) is 0 Å². The molecule has 0 radical (unpaired) electrons. The minimum absolute atomic E-state index is 0.0817. The summed E-state index contributed by atoms with van der Waals surface area (Å²) in [5.74, 6) is -2.27. The maximum absolute atomic E-state index is 12.9. The van der Waals surface area contributed by atoms with Crippen LogP contribution in [-0.2, 0) is 9.47 Å². The van der Waals surface area contributed by atoms with E-state index in [-0.39, 0.29) is 40.5 Å². The number of amides is 2. The number of hydrogen-bond acceptors (Lipinski definition) is 6. The van der Waals surface area contributed by atoms with Crippen molar-refractivity contribution in [2.45, 2.75) is 13.8 Å². The van der Waals surface area contributed by atoms with Crippen LogP contribution in [0.1, 0.15) is 55.3 Å². The molecule has 7 heteroatoms. The molecular formula is C21H19NO6. The molecule has 0 unspecified atom stereocenters. The van der Waals surface area contributed by atoms with E-state index in [0.29, 0.717) is 0 Å². The second-order valence-corrected chi connectivity index (χ2v) is 6.71.